The van der Waals surface area contributed by atoms with Gasteiger partial charge in [0.25, 0.3) is 8.32 Å². The van der Waals surface area contributed by atoms with E-state index < -0.39 is 8.32 Å². The average molecular weight is 392 g/mol. The summed E-state index contributed by atoms with van der Waals surface area (Å²) in [5.41, 5.74) is 1.59. The minimum absolute atomic E-state index is 0.0701. The van der Waals surface area contributed by atoms with Crippen LogP contribution >= 0.6 is 0 Å². The molecule has 0 spiro atoms. The van der Waals surface area contributed by atoms with E-state index in [0.717, 1.165) is 12.4 Å². The van der Waals surface area contributed by atoms with E-state index in [1.807, 2.05) is 0 Å². The van der Waals surface area contributed by atoms with Crippen molar-refractivity contribution in [3.63, 3.8) is 0 Å². The number of hydrogen-bond acceptors (Lipinski definition) is 3. The molecule has 0 aromatic carbocycles. The predicted molar refractivity (Wildman–Crippen MR) is 112 cm³/mol. The summed E-state index contributed by atoms with van der Waals surface area (Å²) >= 11 is 0. The molecular weight excluding hydrogens is 354 g/mol. The highest BCUT2D eigenvalue weighted by Crippen LogP contribution is 2.59. The minimum atomic E-state index is -2.03. The van der Waals surface area contributed by atoms with Gasteiger partial charge in [0.1, 0.15) is 0 Å². The summed E-state index contributed by atoms with van der Waals surface area (Å²) in [4.78, 5) is 12.0. The van der Waals surface area contributed by atoms with E-state index in [1.165, 1.54) is 6.08 Å². The molecule has 0 aromatic heterocycles. The third kappa shape index (κ3) is 3.11. The normalized spacial score (nSPS) is 35.0. The molecule has 1 amide bonds. The van der Waals surface area contributed by atoms with Gasteiger partial charge in [0.2, 0.25) is 5.91 Å². The molecule has 0 unspecified atom stereocenters. The number of amides is 1. The van der Waals surface area contributed by atoms with E-state index >= 15 is 0 Å². The Morgan fingerprint density at radius 2 is 1.85 bits per heavy atom. The Hall–Kier alpha value is -1.07. The summed E-state index contributed by atoms with van der Waals surface area (Å²) in [7, 11) is -2.03. The molecule has 2 fully saturated rings. The monoisotopic (exact) mass is 391 g/mol. The van der Waals surface area contributed by atoms with Gasteiger partial charge in [-0.2, -0.15) is 0 Å². The number of hydrogen-bond donors (Lipinski definition) is 1. The first kappa shape index (κ1) is 20.7. The Kier molecular flexibility index (Phi) is 5.66. The molecule has 0 aromatic rings. The van der Waals surface area contributed by atoms with Crippen molar-refractivity contribution < 1.29 is 14.0 Å². The summed E-state index contributed by atoms with van der Waals surface area (Å²) in [5, 5.41) is 3.08. The van der Waals surface area contributed by atoms with Crippen LogP contribution in [0.25, 0.3) is 0 Å². The highest BCUT2D eigenvalue weighted by molar-refractivity contribution is 6.77. The van der Waals surface area contributed by atoms with Crippen molar-refractivity contribution in [3.05, 3.63) is 24.5 Å². The van der Waals surface area contributed by atoms with Gasteiger partial charge >= 0.3 is 0 Å². The van der Waals surface area contributed by atoms with E-state index in [1.54, 1.807) is 0 Å². The van der Waals surface area contributed by atoms with Crippen molar-refractivity contribution in [2.24, 2.45) is 23.7 Å². The van der Waals surface area contributed by atoms with Crippen LogP contribution in [0, 0.1) is 23.7 Å². The first-order chi connectivity index (χ1) is 12.6. The zero-order valence-electron chi connectivity index (χ0n) is 18.0. The fourth-order valence-electron chi connectivity index (χ4n) is 6.31. The van der Waals surface area contributed by atoms with Gasteiger partial charge in [0, 0.05) is 11.8 Å². The second-order valence-electron chi connectivity index (χ2n) is 9.65. The molecule has 1 saturated heterocycles. The number of rotatable bonds is 7. The Balaban J connectivity index is 1.97. The molecule has 4 nitrogen and oxygen atoms in total. The van der Waals surface area contributed by atoms with Crippen molar-refractivity contribution in [1.82, 2.24) is 5.32 Å². The Morgan fingerprint density at radius 1 is 1.26 bits per heavy atom. The van der Waals surface area contributed by atoms with Crippen molar-refractivity contribution in [2.75, 3.05) is 6.61 Å². The molecule has 27 heavy (non-hydrogen) atoms. The number of allylic oxidation sites excluding steroid dienone is 1. The van der Waals surface area contributed by atoms with Crippen LogP contribution in [-0.2, 0) is 14.0 Å². The lowest BCUT2D eigenvalue weighted by Crippen LogP contribution is -2.59. The van der Waals surface area contributed by atoms with Gasteiger partial charge in [-0.1, -0.05) is 55.0 Å². The van der Waals surface area contributed by atoms with Gasteiger partial charge in [-0.25, -0.2) is 0 Å². The second-order valence-corrected chi connectivity index (χ2v) is 15.0. The fraction of sp³-hybridized carbons (Fsp3) is 0.773. The number of carbonyl (C=O) groups is 1. The van der Waals surface area contributed by atoms with Gasteiger partial charge in [-0.05, 0) is 40.6 Å². The summed E-state index contributed by atoms with van der Waals surface area (Å²) in [6.45, 7) is 20.7. The Bertz CT molecular complexity index is 605. The molecular formula is C22H37NO3Si. The van der Waals surface area contributed by atoms with Crippen LogP contribution < -0.4 is 5.32 Å². The largest absolute Gasteiger partial charge is 0.546 e. The summed E-state index contributed by atoms with van der Waals surface area (Å²) in [5.74, 6) is 3.05. The minimum Gasteiger partial charge on any atom is -0.546 e. The van der Waals surface area contributed by atoms with Crippen molar-refractivity contribution in [1.29, 1.82) is 0 Å². The molecule has 6 atom stereocenters. The van der Waals surface area contributed by atoms with Crippen molar-refractivity contribution in [3.8, 4) is 0 Å². The quantitative estimate of drug-likeness (QED) is 0.508. The summed E-state index contributed by atoms with van der Waals surface area (Å²) in [6.07, 6.45) is 3.58. The first-order valence-corrected chi connectivity index (χ1v) is 12.7. The highest BCUT2D eigenvalue weighted by Gasteiger charge is 2.62. The second kappa shape index (κ2) is 7.40. The zero-order valence-corrected chi connectivity index (χ0v) is 19.0. The van der Waals surface area contributed by atoms with E-state index in [-0.39, 0.29) is 18.1 Å². The SMILES string of the molecule is C=CC(=O)N[C@@H]1C=C(O[Si](C(C)C)(C(C)C)C(C)C)[C@H]2[C@H](C)[C@H]3CO[C@@H]1[C@H]32. The van der Waals surface area contributed by atoms with Gasteiger partial charge in [-0.15, -0.1) is 0 Å². The Morgan fingerprint density at radius 3 is 2.37 bits per heavy atom. The van der Waals surface area contributed by atoms with E-state index in [9.17, 15) is 4.79 Å². The number of carbonyl (C=O) groups excluding carboxylic acids is 1. The van der Waals surface area contributed by atoms with Crippen LogP contribution in [0.5, 0.6) is 0 Å². The molecule has 1 N–H and O–H groups in total. The molecule has 3 rings (SSSR count). The fourth-order valence-corrected chi connectivity index (χ4v) is 11.6. The van der Waals surface area contributed by atoms with Crippen molar-refractivity contribution in [2.45, 2.75) is 77.2 Å². The van der Waals surface area contributed by atoms with E-state index in [2.05, 4.69) is 66.4 Å². The van der Waals surface area contributed by atoms with Gasteiger partial charge in [0.15, 0.2) is 0 Å². The smallest absolute Gasteiger partial charge is 0.258 e. The molecule has 0 radical (unpaired) electrons. The molecule has 0 bridgehead atoms. The molecule has 2 aliphatic carbocycles. The maximum absolute atomic E-state index is 12.0. The molecule has 1 aliphatic heterocycles. The number of nitrogens with one attached hydrogen (secondary N) is 1. The topological polar surface area (TPSA) is 47.6 Å². The maximum Gasteiger partial charge on any atom is 0.258 e. The Labute approximate surface area is 165 Å². The van der Waals surface area contributed by atoms with Crippen LogP contribution in [0.2, 0.25) is 16.6 Å². The summed E-state index contributed by atoms with van der Waals surface area (Å²) in [6, 6.07) is -0.123. The molecule has 1 saturated carbocycles. The van der Waals surface area contributed by atoms with Crippen molar-refractivity contribution >= 4 is 14.2 Å². The van der Waals surface area contributed by atoms with Crippen LogP contribution in [0.15, 0.2) is 24.5 Å². The molecule has 152 valence electrons. The molecule has 5 heteroatoms. The standard InChI is InChI=1S/C22H37NO3Si/c1-9-19(24)23-17-10-18(20-15(8)16-11-25-22(17)21(16)20)26-27(12(2)3,13(4)5)14(6)7/h9-10,12-17,20-22H,1,11H2,2-8H3,(H,23,24)/t15-,16-,17-,20-,21-,22+/m1/s1. The third-order valence-corrected chi connectivity index (χ3v) is 13.5. The lowest BCUT2D eigenvalue weighted by atomic mass is 9.54. The van der Waals surface area contributed by atoms with Gasteiger partial charge in [0.05, 0.1) is 24.5 Å². The first-order valence-electron chi connectivity index (χ1n) is 10.6. The zero-order chi connectivity index (χ0) is 20.1. The van der Waals surface area contributed by atoms with E-state index in [0.29, 0.717) is 40.3 Å². The van der Waals surface area contributed by atoms with Crippen LogP contribution in [-0.4, -0.2) is 33.0 Å². The predicted octanol–water partition coefficient (Wildman–Crippen LogP) is 4.64. The van der Waals surface area contributed by atoms with Crippen LogP contribution in [0.4, 0.5) is 0 Å². The molecule has 3 aliphatic rings. The summed E-state index contributed by atoms with van der Waals surface area (Å²) < 4.78 is 13.2. The lowest BCUT2D eigenvalue weighted by molar-refractivity contribution is -0.118. The van der Waals surface area contributed by atoms with Crippen LogP contribution in [0.1, 0.15) is 48.5 Å². The number of ether oxygens (including phenoxy) is 1. The average Bonchev–Trinajstić information content (AvgIpc) is 3.00. The van der Waals surface area contributed by atoms with Crippen LogP contribution in [0.3, 0.4) is 0 Å². The van der Waals surface area contributed by atoms with E-state index in [4.69, 9.17) is 9.16 Å². The van der Waals surface area contributed by atoms with Gasteiger partial charge in [-0.3, -0.25) is 4.79 Å². The lowest BCUT2D eigenvalue weighted by Gasteiger charge is -2.55. The highest BCUT2D eigenvalue weighted by atomic mass is 28.4. The third-order valence-electron chi connectivity index (χ3n) is 7.53. The maximum atomic E-state index is 12.0. The van der Waals surface area contributed by atoms with Gasteiger partial charge < -0.3 is 14.5 Å². The molecule has 1 heterocycles.